The Kier molecular flexibility index (Phi) is 4.39. The van der Waals surface area contributed by atoms with Gasteiger partial charge in [0.2, 0.25) is 0 Å². The molecule has 3 nitrogen and oxygen atoms in total. The number of rotatable bonds is 5. The zero-order valence-corrected chi connectivity index (χ0v) is 13.5. The Morgan fingerprint density at radius 3 is 2.73 bits per heavy atom. The second-order valence-electron chi connectivity index (χ2n) is 5.09. The van der Waals surface area contributed by atoms with Gasteiger partial charge in [0.05, 0.1) is 19.9 Å². The van der Waals surface area contributed by atoms with Crippen LogP contribution < -0.4 is 4.74 Å². The van der Waals surface area contributed by atoms with E-state index in [9.17, 15) is 0 Å². The van der Waals surface area contributed by atoms with Crippen LogP contribution in [0.3, 0.4) is 0 Å². The van der Waals surface area contributed by atoms with Crippen LogP contribution in [0.25, 0.3) is 10.1 Å². The summed E-state index contributed by atoms with van der Waals surface area (Å²) in [5.74, 6) is 0.856. The van der Waals surface area contributed by atoms with Crippen molar-refractivity contribution in [2.75, 3.05) is 14.2 Å². The highest BCUT2D eigenvalue weighted by atomic mass is 32.1. The minimum Gasteiger partial charge on any atom is -0.497 e. The number of hydrazone groups is 1. The van der Waals surface area contributed by atoms with E-state index in [1.807, 2.05) is 42.5 Å². The molecule has 1 aromatic heterocycles. The largest absolute Gasteiger partial charge is 0.497 e. The van der Waals surface area contributed by atoms with Crippen LogP contribution in [0.15, 0.2) is 59.0 Å². The van der Waals surface area contributed by atoms with Crippen molar-refractivity contribution in [1.29, 1.82) is 0 Å². The van der Waals surface area contributed by atoms with E-state index >= 15 is 0 Å². The molecule has 112 valence electrons. The summed E-state index contributed by atoms with van der Waals surface area (Å²) in [5, 5.41) is 9.90. The summed E-state index contributed by atoms with van der Waals surface area (Å²) in [5.41, 5.74) is 2.36. The van der Waals surface area contributed by atoms with Gasteiger partial charge in [-0.05, 0) is 52.2 Å². The van der Waals surface area contributed by atoms with Crippen LogP contribution in [0.4, 0.5) is 0 Å². The molecule has 22 heavy (non-hydrogen) atoms. The Hall–Kier alpha value is -2.33. The van der Waals surface area contributed by atoms with Crippen molar-refractivity contribution in [1.82, 2.24) is 5.01 Å². The minimum atomic E-state index is 0.796. The predicted molar refractivity (Wildman–Crippen MR) is 93.9 cm³/mol. The van der Waals surface area contributed by atoms with Crippen LogP contribution in [-0.2, 0) is 6.54 Å². The lowest BCUT2D eigenvalue weighted by Crippen LogP contribution is -2.10. The molecule has 0 saturated heterocycles. The molecule has 0 unspecified atom stereocenters. The van der Waals surface area contributed by atoms with Crippen molar-refractivity contribution in [3.63, 3.8) is 0 Å². The highest BCUT2D eigenvalue weighted by molar-refractivity contribution is 7.17. The standard InChI is InChI=1S/C18H18N2OS/c1-20(19-12-14-6-8-17(21-2)9-7-14)13-16-5-3-4-15-10-11-22-18(15)16/h3-12H,13H2,1-2H3/b19-12-. The summed E-state index contributed by atoms with van der Waals surface area (Å²) >= 11 is 1.78. The number of nitrogens with zero attached hydrogens (tertiary/aromatic N) is 2. The molecule has 4 heteroatoms. The molecule has 3 aromatic rings. The number of hydrogen-bond donors (Lipinski definition) is 0. The molecule has 0 atom stereocenters. The molecule has 0 amide bonds. The maximum Gasteiger partial charge on any atom is 0.118 e. The van der Waals surface area contributed by atoms with Crippen molar-refractivity contribution >= 4 is 27.6 Å². The third-order valence-electron chi connectivity index (χ3n) is 3.48. The van der Waals surface area contributed by atoms with E-state index < -0.39 is 0 Å². The van der Waals surface area contributed by atoms with E-state index in [2.05, 4.69) is 34.7 Å². The number of ether oxygens (including phenoxy) is 1. The van der Waals surface area contributed by atoms with Gasteiger partial charge in [-0.2, -0.15) is 5.10 Å². The molecule has 0 saturated carbocycles. The topological polar surface area (TPSA) is 24.8 Å². The third-order valence-corrected chi connectivity index (χ3v) is 4.49. The van der Waals surface area contributed by atoms with Crippen molar-refractivity contribution in [2.45, 2.75) is 6.54 Å². The van der Waals surface area contributed by atoms with Gasteiger partial charge in [-0.1, -0.05) is 18.2 Å². The number of methoxy groups -OCH3 is 1. The van der Waals surface area contributed by atoms with Gasteiger partial charge in [0.1, 0.15) is 5.75 Å². The van der Waals surface area contributed by atoms with E-state index in [0.717, 1.165) is 17.9 Å². The van der Waals surface area contributed by atoms with Gasteiger partial charge in [0.25, 0.3) is 0 Å². The second-order valence-corrected chi connectivity index (χ2v) is 6.01. The summed E-state index contributed by atoms with van der Waals surface area (Å²) in [4.78, 5) is 0. The third kappa shape index (κ3) is 3.28. The van der Waals surface area contributed by atoms with Crippen LogP contribution >= 0.6 is 11.3 Å². The average Bonchev–Trinajstić information content (AvgIpc) is 3.03. The molecule has 2 aromatic carbocycles. The second kappa shape index (κ2) is 6.62. The Morgan fingerprint density at radius 2 is 1.95 bits per heavy atom. The molecule has 1 heterocycles. The van der Waals surface area contributed by atoms with Crippen LogP contribution in [-0.4, -0.2) is 25.4 Å². The average molecular weight is 310 g/mol. The molecule has 3 rings (SSSR count). The maximum absolute atomic E-state index is 5.15. The van der Waals surface area contributed by atoms with Crippen molar-refractivity contribution in [2.24, 2.45) is 5.10 Å². The fourth-order valence-corrected chi connectivity index (χ4v) is 3.23. The molecule has 0 spiro atoms. The smallest absolute Gasteiger partial charge is 0.118 e. The Morgan fingerprint density at radius 1 is 1.14 bits per heavy atom. The molecule has 0 aliphatic heterocycles. The van der Waals surface area contributed by atoms with Gasteiger partial charge in [-0.3, -0.25) is 5.01 Å². The monoisotopic (exact) mass is 310 g/mol. The summed E-state index contributed by atoms with van der Waals surface area (Å²) in [6.07, 6.45) is 1.87. The molecular formula is C18H18N2OS. The Bertz CT molecular complexity index is 777. The normalized spacial score (nSPS) is 11.2. The van der Waals surface area contributed by atoms with E-state index in [4.69, 9.17) is 4.74 Å². The van der Waals surface area contributed by atoms with E-state index in [1.54, 1.807) is 18.4 Å². The highest BCUT2D eigenvalue weighted by Crippen LogP contribution is 2.25. The number of fused-ring (bicyclic) bond motifs is 1. The zero-order valence-electron chi connectivity index (χ0n) is 12.7. The number of hydrogen-bond acceptors (Lipinski definition) is 4. The fourth-order valence-electron chi connectivity index (χ4n) is 2.32. The Labute approximate surface area is 134 Å². The first kappa shape index (κ1) is 14.6. The van der Waals surface area contributed by atoms with Crippen LogP contribution in [0, 0.1) is 0 Å². The van der Waals surface area contributed by atoms with E-state index in [1.165, 1.54) is 15.6 Å². The molecule has 0 radical (unpaired) electrons. The molecule has 0 aliphatic rings. The van der Waals surface area contributed by atoms with Gasteiger partial charge < -0.3 is 4.74 Å². The molecule has 0 N–H and O–H groups in total. The SMILES string of the molecule is COc1ccc(/C=N\N(C)Cc2cccc3ccsc23)cc1. The van der Waals surface area contributed by atoms with Crippen LogP contribution in [0.1, 0.15) is 11.1 Å². The van der Waals surface area contributed by atoms with Crippen molar-refractivity contribution in [3.8, 4) is 5.75 Å². The van der Waals surface area contributed by atoms with Crippen LogP contribution in [0.5, 0.6) is 5.75 Å². The first-order valence-electron chi connectivity index (χ1n) is 7.10. The quantitative estimate of drug-likeness (QED) is 0.516. The maximum atomic E-state index is 5.15. The zero-order chi connectivity index (χ0) is 15.4. The number of benzene rings is 2. The van der Waals surface area contributed by atoms with Gasteiger partial charge >= 0.3 is 0 Å². The van der Waals surface area contributed by atoms with E-state index in [-0.39, 0.29) is 0 Å². The first-order chi connectivity index (χ1) is 10.8. The number of thiophene rings is 1. The summed E-state index contributed by atoms with van der Waals surface area (Å²) in [6.45, 7) is 0.796. The first-order valence-corrected chi connectivity index (χ1v) is 7.98. The van der Waals surface area contributed by atoms with Gasteiger partial charge in [-0.15, -0.1) is 11.3 Å². The van der Waals surface area contributed by atoms with Crippen molar-refractivity contribution in [3.05, 3.63) is 65.0 Å². The lowest BCUT2D eigenvalue weighted by Gasteiger charge is -2.13. The van der Waals surface area contributed by atoms with Crippen molar-refractivity contribution < 1.29 is 4.74 Å². The lowest BCUT2D eigenvalue weighted by atomic mass is 10.1. The Balaban J connectivity index is 1.70. The molecule has 0 aliphatic carbocycles. The van der Waals surface area contributed by atoms with Crippen LogP contribution in [0.2, 0.25) is 0 Å². The lowest BCUT2D eigenvalue weighted by molar-refractivity contribution is 0.350. The summed E-state index contributed by atoms with van der Waals surface area (Å²) in [7, 11) is 3.66. The van der Waals surface area contributed by atoms with Gasteiger partial charge in [-0.25, -0.2) is 0 Å². The minimum absolute atomic E-state index is 0.796. The molecule has 0 bridgehead atoms. The fraction of sp³-hybridized carbons (Fsp3) is 0.167. The molecular weight excluding hydrogens is 292 g/mol. The summed E-state index contributed by atoms with van der Waals surface area (Å²) in [6, 6.07) is 16.4. The van der Waals surface area contributed by atoms with Gasteiger partial charge in [0.15, 0.2) is 0 Å². The predicted octanol–water partition coefficient (Wildman–Crippen LogP) is 4.38. The summed E-state index contributed by atoms with van der Waals surface area (Å²) < 4.78 is 6.49. The van der Waals surface area contributed by atoms with Gasteiger partial charge in [0, 0.05) is 11.7 Å². The van der Waals surface area contributed by atoms with E-state index in [0.29, 0.717) is 0 Å². The highest BCUT2D eigenvalue weighted by Gasteiger charge is 2.03. The molecule has 0 fully saturated rings.